The van der Waals surface area contributed by atoms with Crippen LogP contribution < -0.4 is 0 Å². The molecule has 13 heavy (non-hydrogen) atoms. The standard InChI is InChI=1S/C9H9BrO2S/c1-9(5-4-8(11)12-9)6-2-3-7(10)13-6/h2-3H,4-5H2,1H3. The normalized spacial score (nSPS) is 27.7. The molecule has 0 radical (unpaired) electrons. The van der Waals surface area contributed by atoms with Crippen molar-refractivity contribution in [3.63, 3.8) is 0 Å². The predicted octanol–water partition coefficient (Wildman–Crippen LogP) is 3.06. The number of hydrogen-bond donors (Lipinski definition) is 0. The van der Waals surface area contributed by atoms with E-state index in [1.54, 1.807) is 11.3 Å². The minimum absolute atomic E-state index is 0.0907. The molecular weight excluding hydrogens is 252 g/mol. The van der Waals surface area contributed by atoms with Gasteiger partial charge in [-0.3, -0.25) is 4.79 Å². The Bertz CT molecular complexity index is 347. The molecule has 0 aliphatic carbocycles. The van der Waals surface area contributed by atoms with Crippen molar-refractivity contribution in [3.8, 4) is 0 Å². The van der Waals surface area contributed by atoms with Crippen LogP contribution in [0.2, 0.25) is 0 Å². The molecule has 0 N–H and O–H groups in total. The molecule has 4 heteroatoms. The highest BCUT2D eigenvalue weighted by atomic mass is 79.9. The minimum atomic E-state index is -0.381. The first-order valence-electron chi connectivity index (χ1n) is 4.08. The van der Waals surface area contributed by atoms with Crippen molar-refractivity contribution >= 4 is 33.2 Å². The van der Waals surface area contributed by atoms with Crippen molar-refractivity contribution in [1.29, 1.82) is 0 Å². The Kier molecular flexibility index (Phi) is 2.20. The van der Waals surface area contributed by atoms with Crippen LogP contribution in [0.4, 0.5) is 0 Å². The fourth-order valence-electron chi connectivity index (χ4n) is 1.47. The molecule has 1 aliphatic heterocycles. The van der Waals surface area contributed by atoms with E-state index in [9.17, 15) is 4.79 Å². The first-order chi connectivity index (χ1) is 6.10. The Hall–Kier alpha value is -0.350. The Balaban J connectivity index is 2.30. The van der Waals surface area contributed by atoms with Crippen LogP contribution in [0, 0.1) is 0 Å². The molecule has 0 spiro atoms. The zero-order chi connectivity index (χ0) is 9.47. The average Bonchev–Trinajstić information content (AvgIpc) is 2.60. The maximum absolute atomic E-state index is 11.0. The zero-order valence-electron chi connectivity index (χ0n) is 7.17. The van der Waals surface area contributed by atoms with Gasteiger partial charge in [0.15, 0.2) is 0 Å². The smallest absolute Gasteiger partial charge is 0.306 e. The van der Waals surface area contributed by atoms with E-state index >= 15 is 0 Å². The number of carbonyl (C=O) groups excluding carboxylic acids is 1. The van der Waals surface area contributed by atoms with Crippen LogP contribution in [-0.4, -0.2) is 5.97 Å². The summed E-state index contributed by atoms with van der Waals surface area (Å²) in [7, 11) is 0. The molecule has 2 nitrogen and oxygen atoms in total. The number of carbonyl (C=O) groups is 1. The molecule has 0 bridgehead atoms. The summed E-state index contributed by atoms with van der Waals surface area (Å²) in [6.07, 6.45) is 1.32. The predicted molar refractivity (Wildman–Crippen MR) is 54.7 cm³/mol. The van der Waals surface area contributed by atoms with Gasteiger partial charge in [0.2, 0.25) is 0 Å². The third-order valence-corrected chi connectivity index (χ3v) is 4.11. The van der Waals surface area contributed by atoms with Crippen molar-refractivity contribution in [3.05, 3.63) is 20.8 Å². The number of ether oxygens (including phenoxy) is 1. The molecule has 0 amide bonds. The van der Waals surface area contributed by atoms with Crippen molar-refractivity contribution < 1.29 is 9.53 Å². The van der Waals surface area contributed by atoms with Crippen molar-refractivity contribution in [2.24, 2.45) is 0 Å². The van der Waals surface area contributed by atoms with Crippen LogP contribution >= 0.6 is 27.3 Å². The van der Waals surface area contributed by atoms with Gasteiger partial charge >= 0.3 is 5.97 Å². The van der Waals surface area contributed by atoms with E-state index in [1.807, 2.05) is 19.1 Å². The number of thiophene rings is 1. The highest BCUT2D eigenvalue weighted by Crippen LogP contribution is 2.40. The number of halogens is 1. The van der Waals surface area contributed by atoms with E-state index in [0.29, 0.717) is 6.42 Å². The molecule has 2 heterocycles. The third kappa shape index (κ3) is 1.65. The zero-order valence-corrected chi connectivity index (χ0v) is 9.57. The van der Waals surface area contributed by atoms with Gasteiger partial charge in [0, 0.05) is 17.7 Å². The lowest BCUT2D eigenvalue weighted by Gasteiger charge is -2.20. The molecule has 1 unspecified atom stereocenters. The van der Waals surface area contributed by atoms with Gasteiger partial charge in [0.05, 0.1) is 3.79 Å². The fourth-order valence-corrected chi connectivity index (χ4v) is 2.96. The SMILES string of the molecule is CC1(c2ccc(Br)s2)CCC(=O)O1. The summed E-state index contributed by atoms with van der Waals surface area (Å²) in [5.41, 5.74) is -0.381. The number of hydrogen-bond acceptors (Lipinski definition) is 3. The monoisotopic (exact) mass is 260 g/mol. The van der Waals surface area contributed by atoms with Crippen LogP contribution in [0.1, 0.15) is 24.6 Å². The lowest BCUT2D eigenvalue weighted by molar-refractivity contribution is -0.147. The molecule has 1 aromatic rings. The molecular formula is C9H9BrO2S. The molecule has 1 aliphatic rings. The second kappa shape index (κ2) is 3.10. The van der Waals surface area contributed by atoms with E-state index in [0.717, 1.165) is 15.1 Å². The summed E-state index contributed by atoms with van der Waals surface area (Å²) in [5, 5.41) is 0. The summed E-state index contributed by atoms with van der Waals surface area (Å²) >= 11 is 5.02. The van der Waals surface area contributed by atoms with Crippen LogP contribution in [0.25, 0.3) is 0 Å². The van der Waals surface area contributed by atoms with E-state index < -0.39 is 0 Å². The highest BCUT2D eigenvalue weighted by Gasteiger charge is 2.38. The van der Waals surface area contributed by atoms with Crippen LogP contribution in [0.3, 0.4) is 0 Å². The summed E-state index contributed by atoms with van der Waals surface area (Å²) in [5.74, 6) is -0.0907. The van der Waals surface area contributed by atoms with Gasteiger partial charge < -0.3 is 4.74 Å². The molecule has 0 saturated carbocycles. The number of rotatable bonds is 1. The second-order valence-electron chi connectivity index (χ2n) is 3.31. The van der Waals surface area contributed by atoms with Crippen molar-refractivity contribution in [2.75, 3.05) is 0 Å². The summed E-state index contributed by atoms with van der Waals surface area (Å²) in [6, 6.07) is 3.99. The van der Waals surface area contributed by atoms with Gasteiger partial charge in [0.25, 0.3) is 0 Å². The molecule has 70 valence electrons. The molecule has 2 rings (SSSR count). The molecule has 0 aromatic carbocycles. The van der Waals surface area contributed by atoms with Gasteiger partial charge in [-0.15, -0.1) is 11.3 Å². The Morgan fingerprint density at radius 3 is 2.85 bits per heavy atom. The van der Waals surface area contributed by atoms with E-state index in [4.69, 9.17) is 4.74 Å². The van der Waals surface area contributed by atoms with E-state index in [2.05, 4.69) is 15.9 Å². The average molecular weight is 261 g/mol. The quantitative estimate of drug-likeness (QED) is 0.726. The molecule has 1 aromatic heterocycles. The number of cyclic esters (lactones) is 1. The van der Waals surface area contributed by atoms with Crippen molar-refractivity contribution in [2.45, 2.75) is 25.4 Å². The maximum atomic E-state index is 11.0. The van der Waals surface area contributed by atoms with Crippen LogP contribution in [0.15, 0.2) is 15.9 Å². The van der Waals surface area contributed by atoms with Gasteiger partial charge in [-0.05, 0) is 35.0 Å². The number of esters is 1. The third-order valence-electron chi connectivity index (χ3n) is 2.24. The Labute approximate surface area is 89.0 Å². The largest absolute Gasteiger partial charge is 0.454 e. The van der Waals surface area contributed by atoms with Crippen LogP contribution in [0.5, 0.6) is 0 Å². The minimum Gasteiger partial charge on any atom is -0.454 e. The Morgan fingerprint density at radius 2 is 2.38 bits per heavy atom. The van der Waals surface area contributed by atoms with Gasteiger partial charge in [-0.25, -0.2) is 0 Å². The maximum Gasteiger partial charge on any atom is 0.306 e. The molecule has 1 atom stereocenters. The molecule has 1 fully saturated rings. The summed E-state index contributed by atoms with van der Waals surface area (Å²) in [6.45, 7) is 1.97. The van der Waals surface area contributed by atoms with E-state index in [1.165, 1.54) is 0 Å². The van der Waals surface area contributed by atoms with Gasteiger partial charge in [-0.1, -0.05) is 0 Å². The van der Waals surface area contributed by atoms with Gasteiger partial charge in [0.1, 0.15) is 5.60 Å². The van der Waals surface area contributed by atoms with Crippen LogP contribution in [-0.2, 0) is 15.1 Å². The summed E-state index contributed by atoms with van der Waals surface area (Å²) in [4.78, 5) is 12.1. The topological polar surface area (TPSA) is 26.3 Å². The summed E-state index contributed by atoms with van der Waals surface area (Å²) < 4.78 is 6.37. The Morgan fingerprint density at radius 1 is 1.62 bits per heavy atom. The lowest BCUT2D eigenvalue weighted by Crippen LogP contribution is -2.19. The van der Waals surface area contributed by atoms with E-state index in [-0.39, 0.29) is 11.6 Å². The second-order valence-corrected chi connectivity index (χ2v) is 5.77. The van der Waals surface area contributed by atoms with Crippen molar-refractivity contribution in [1.82, 2.24) is 0 Å². The molecule has 1 saturated heterocycles. The first kappa shape index (κ1) is 9.21. The van der Waals surface area contributed by atoms with Gasteiger partial charge in [-0.2, -0.15) is 0 Å². The first-order valence-corrected chi connectivity index (χ1v) is 5.69. The highest BCUT2D eigenvalue weighted by molar-refractivity contribution is 9.11. The lowest BCUT2D eigenvalue weighted by atomic mass is 10.0. The fraction of sp³-hybridized carbons (Fsp3) is 0.444.